The molecule has 24 heavy (non-hydrogen) atoms. The first-order valence-electron chi connectivity index (χ1n) is 7.60. The molecule has 2 amide bonds. The fraction of sp³-hybridized carbons (Fsp3) is 0.312. The van der Waals surface area contributed by atoms with E-state index in [1.54, 1.807) is 17.0 Å². The van der Waals surface area contributed by atoms with E-state index in [9.17, 15) is 4.79 Å². The standard InChI is InChI=1S/C16H18ClN5O2/c1-24-15-6-5-14(19-20-15)18-16(23)22-9-7-21(8-10-22)13-4-2-3-12(17)11-13/h2-6,11H,7-10H2,1H3,(H,18,19,23). The molecule has 0 unspecified atom stereocenters. The number of anilines is 2. The number of amides is 2. The highest BCUT2D eigenvalue weighted by Gasteiger charge is 2.21. The third-order valence-corrected chi connectivity index (χ3v) is 4.06. The maximum absolute atomic E-state index is 12.3. The van der Waals surface area contributed by atoms with Crippen molar-refractivity contribution in [1.82, 2.24) is 15.1 Å². The van der Waals surface area contributed by atoms with E-state index in [1.165, 1.54) is 7.11 Å². The molecule has 126 valence electrons. The molecule has 1 aliphatic rings. The zero-order valence-electron chi connectivity index (χ0n) is 13.3. The minimum absolute atomic E-state index is 0.180. The Kier molecular flexibility index (Phi) is 5.00. The summed E-state index contributed by atoms with van der Waals surface area (Å²) in [6.07, 6.45) is 0. The molecule has 0 aliphatic carbocycles. The molecule has 1 fully saturated rings. The fourth-order valence-electron chi connectivity index (χ4n) is 2.52. The van der Waals surface area contributed by atoms with Crippen molar-refractivity contribution in [3.63, 3.8) is 0 Å². The Morgan fingerprint density at radius 1 is 1.17 bits per heavy atom. The maximum Gasteiger partial charge on any atom is 0.323 e. The molecule has 1 aliphatic heterocycles. The monoisotopic (exact) mass is 347 g/mol. The first kappa shape index (κ1) is 16.3. The van der Waals surface area contributed by atoms with Gasteiger partial charge in [-0.2, -0.15) is 0 Å². The van der Waals surface area contributed by atoms with Crippen LogP contribution in [0, 0.1) is 0 Å². The number of ether oxygens (including phenoxy) is 1. The predicted molar refractivity (Wildman–Crippen MR) is 92.8 cm³/mol. The quantitative estimate of drug-likeness (QED) is 0.923. The van der Waals surface area contributed by atoms with Crippen molar-refractivity contribution in [2.45, 2.75) is 0 Å². The second-order valence-electron chi connectivity index (χ2n) is 5.35. The number of hydrogen-bond donors (Lipinski definition) is 1. The van der Waals surface area contributed by atoms with Crippen LogP contribution in [0.5, 0.6) is 5.88 Å². The Bertz CT molecular complexity index is 702. The van der Waals surface area contributed by atoms with Crippen molar-refractivity contribution in [2.24, 2.45) is 0 Å². The number of rotatable bonds is 3. The van der Waals surface area contributed by atoms with E-state index in [0.29, 0.717) is 29.8 Å². The average molecular weight is 348 g/mol. The summed E-state index contributed by atoms with van der Waals surface area (Å²) in [4.78, 5) is 16.3. The van der Waals surface area contributed by atoms with Gasteiger partial charge in [0.25, 0.3) is 0 Å². The summed E-state index contributed by atoms with van der Waals surface area (Å²) in [6.45, 7) is 2.76. The molecule has 0 saturated carbocycles. The molecular weight excluding hydrogens is 330 g/mol. The first-order chi connectivity index (χ1) is 11.7. The first-order valence-corrected chi connectivity index (χ1v) is 7.97. The smallest absolute Gasteiger partial charge is 0.323 e. The van der Waals surface area contributed by atoms with Crippen molar-refractivity contribution in [1.29, 1.82) is 0 Å². The molecule has 0 atom stereocenters. The van der Waals surface area contributed by atoms with Crippen molar-refractivity contribution >= 4 is 29.1 Å². The third kappa shape index (κ3) is 3.86. The number of carbonyl (C=O) groups excluding carboxylic acids is 1. The molecule has 3 rings (SSSR count). The van der Waals surface area contributed by atoms with Crippen LogP contribution >= 0.6 is 11.6 Å². The van der Waals surface area contributed by atoms with E-state index >= 15 is 0 Å². The number of urea groups is 1. The highest BCUT2D eigenvalue weighted by molar-refractivity contribution is 6.30. The van der Waals surface area contributed by atoms with E-state index in [0.717, 1.165) is 18.8 Å². The van der Waals surface area contributed by atoms with Gasteiger partial charge in [0.15, 0.2) is 5.82 Å². The topological polar surface area (TPSA) is 70.6 Å². The maximum atomic E-state index is 12.3. The Labute approximate surface area is 145 Å². The van der Waals surface area contributed by atoms with Gasteiger partial charge in [0.1, 0.15) is 0 Å². The summed E-state index contributed by atoms with van der Waals surface area (Å²) < 4.78 is 4.94. The summed E-state index contributed by atoms with van der Waals surface area (Å²) >= 11 is 6.03. The molecule has 7 nitrogen and oxygen atoms in total. The second-order valence-corrected chi connectivity index (χ2v) is 5.78. The van der Waals surface area contributed by atoms with Gasteiger partial charge in [-0.25, -0.2) is 4.79 Å². The van der Waals surface area contributed by atoms with Crippen LogP contribution in [0.4, 0.5) is 16.3 Å². The molecular formula is C16H18ClN5O2. The normalized spacial score (nSPS) is 14.4. The molecule has 0 spiro atoms. The molecule has 1 saturated heterocycles. The largest absolute Gasteiger partial charge is 0.480 e. The number of carbonyl (C=O) groups is 1. The SMILES string of the molecule is COc1ccc(NC(=O)N2CCN(c3cccc(Cl)c3)CC2)nn1. The molecule has 0 bridgehead atoms. The van der Waals surface area contributed by atoms with Gasteiger partial charge < -0.3 is 14.5 Å². The summed E-state index contributed by atoms with van der Waals surface area (Å²) in [5.41, 5.74) is 1.07. The van der Waals surface area contributed by atoms with Crippen molar-refractivity contribution in [3.8, 4) is 5.88 Å². The van der Waals surface area contributed by atoms with Crippen LogP contribution in [0.25, 0.3) is 0 Å². The van der Waals surface area contributed by atoms with Crippen LogP contribution in [0.15, 0.2) is 36.4 Å². The van der Waals surface area contributed by atoms with E-state index in [1.807, 2.05) is 24.3 Å². The minimum atomic E-state index is -0.180. The molecule has 2 heterocycles. The van der Waals surface area contributed by atoms with Gasteiger partial charge in [-0.3, -0.25) is 5.32 Å². The number of piperazine rings is 1. The van der Waals surface area contributed by atoms with Crippen LogP contribution in [-0.2, 0) is 0 Å². The number of aromatic nitrogens is 2. The van der Waals surface area contributed by atoms with Gasteiger partial charge >= 0.3 is 6.03 Å². The van der Waals surface area contributed by atoms with Crippen LogP contribution < -0.4 is 15.0 Å². The Hall–Kier alpha value is -2.54. The van der Waals surface area contributed by atoms with Crippen LogP contribution in [-0.4, -0.2) is 54.4 Å². The van der Waals surface area contributed by atoms with Gasteiger partial charge in [-0.1, -0.05) is 17.7 Å². The van der Waals surface area contributed by atoms with Gasteiger partial charge in [0, 0.05) is 43.0 Å². The van der Waals surface area contributed by atoms with Crippen molar-refractivity contribution in [2.75, 3.05) is 43.5 Å². The number of nitrogens with zero attached hydrogens (tertiary/aromatic N) is 4. The van der Waals surface area contributed by atoms with E-state index in [4.69, 9.17) is 16.3 Å². The molecule has 1 aromatic carbocycles. The highest BCUT2D eigenvalue weighted by atomic mass is 35.5. The minimum Gasteiger partial charge on any atom is -0.480 e. The zero-order chi connectivity index (χ0) is 16.9. The Morgan fingerprint density at radius 3 is 2.58 bits per heavy atom. The van der Waals surface area contributed by atoms with Crippen LogP contribution in [0.1, 0.15) is 0 Å². The van der Waals surface area contributed by atoms with Crippen LogP contribution in [0.2, 0.25) is 5.02 Å². The van der Waals surface area contributed by atoms with Gasteiger partial charge in [0.2, 0.25) is 5.88 Å². The average Bonchev–Trinajstić information content (AvgIpc) is 2.62. The fourth-order valence-corrected chi connectivity index (χ4v) is 2.71. The number of benzene rings is 1. The van der Waals surface area contributed by atoms with E-state index < -0.39 is 0 Å². The van der Waals surface area contributed by atoms with E-state index in [2.05, 4.69) is 20.4 Å². The predicted octanol–water partition coefficient (Wildman–Crippen LogP) is 2.49. The molecule has 1 aromatic heterocycles. The lowest BCUT2D eigenvalue weighted by Gasteiger charge is -2.36. The second kappa shape index (κ2) is 7.35. The summed E-state index contributed by atoms with van der Waals surface area (Å²) in [5, 5.41) is 11.2. The molecule has 1 N–H and O–H groups in total. The summed E-state index contributed by atoms with van der Waals surface area (Å²) in [6, 6.07) is 10.9. The van der Waals surface area contributed by atoms with E-state index in [-0.39, 0.29) is 6.03 Å². The molecule has 0 radical (unpaired) electrons. The molecule has 2 aromatic rings. The van der Waals surface area contributed by atoms with Gasteiger partial charge in [-0.05, 0) is 24.3 Å². The Morgan fingerprint density at radius 2 is 1.96 bits per heavy atom. The lowest BCUT2D eigenvalue weighted by atomic mass is 10.2. The molecule has 8 heteroatoms. The Balaban J connectivity index is 1.54. The number of halogens is 1. The van der Waals surface area contributed by atoms with Gasteiger partial charge in [-0.15, -0.1) is 10.2 Å². The van der Waals surface area contributed by atoms with Crippen LogP contribution in [0.3, 0.4) is 0 Å². The lowest BCUT2D eigenvalue weighted by molar-refractivity contribution is 0.208. The van der Waals surface area contributed by atoms with Crippen molar-refractivity contribution < 1.29 is 9.53 Å². The van der Waals surface area contributed by atoms with Crippen molar-refractivity contribution in [3.05, 3.63) is 41.4 Å². The number of methoxy groups -OCH3 is 1. The summed E-state index contributed by atoms with van der Waals surface area (Å²) in [5.74, 6) is 0.807. The lowest BCUT2D eigenvalue weighted by Crippen LogP contribution is -2.50. The highest BCUT2D eigenvalue weighted by Crippen LogP contribution is 2.21. The third-order valence-electron chi connectivity index (χ3n) is 3.82. The zero-order valence-corrected chi connectivity index (χ0v) is 14.0. The number of hydrogen-bond acceptors (Lipinski definition) is 5. The number of nitrogens with one attached hydrogen (secondary N) is 1. The van der Waals surface area contributed by atoms with Gasteiger partial charge in [0.05, 0.1) is 7.11 Å². The summed E-state index contributed by atoms with van der Waals surface area (Å²) in [7, 11) is 1.52.